The third kappa shape index (κ3) is 3.41. The molecule has 0 spiro atoms. The largest absolute Gasteiger partial charge is 0.244 e. The van der Waals surface area contributed by atoms with E-state index in [1.165, 1.54) is 28.6 Å². The quantitative estimate of drug-likeness (QED) is 0.490. The lowest BCUT2D eigenvalue weighted by Gasteiger charge is -2.22. The van der Waals surface area contributed by atoms with Crippen LogP contribution in [0.5, 0.6) is 0 Å². The molecule has 4 nitrogen and oxygen atoms in total. The first-order chi connectivity index (χ1) is 5.14. The zero-order chi connectivity index (χ0) is 8.32. The van der Waals surface area contributed by atoms with Gasteiger partial charge < -0.3 is 0 Å². The fraction of sp³-hybridized carbons (Fsp3) is 1.00. The maximum Gasteiger partial charge on any atom is 0.195 e. The predicted octanol–water partition coefficient (Wildman–Crippen LogP) is 2.41. The van der Waals surface area contributed by atoms with Gasteiger partial charge in [-0.15, -0.1) is 0 Å². The Bertz CT molecular complexity index is 134. The molecule has 0 aliphatic carbocycles. The van der Waals surface area contributed by atoms with Gasteiger partial charge in [0.2, 0.25) is 0 Å². The minimum Gasteiger partial charge on any atom is -0.244 e. The van der Waals surface area contributed by atoms with Crippen molar-refractivity contribution >= 4 is 36.3 Å². The summed E-state index contributed by atoms with van der Waals surface area (Å²) in [5.74, 6) is 0. The van der Waals surface area contributed by atoms with Crippen LogP contribution >= 0.6 is 36.3 Å². The minimum atomic E-state index is -0.410. The van der Waals surface area contributed by atoms with Crippen LogP contribution in [-0.2, 0) is 12.8 Å². The highest BCUT2D eigenvalue weighted by molar-refractivity contribution is 8.06. The molecule has 11 heavy (non-hydrogen) atoms. The van der Waals surface area contributed by atoms with Crippen molar-refractivity contribution in [3.8, 4) is 0 Å². The Hall–Kier alpha value is 0.890. The summed E-state index contributed by atoms with van der Waals surface area (Å²) in [6.45, 7) is 3.80. The first-order valence-corrected chi connectivity index (χ1v) is 5.45. The molecule has 0 N–H and O–H groups in total. The van der Waals surface area contributed by atoms with Crippen LogP contribution in [0.1, 0.15) is 13.8 Å². The fourth-order valence-electron chi connectivity index (χ4n) is 0.411. The Morgan fingerprint density at radius 3 is 2.82 bits per heavy atom. The molecule has 1 aliphatic heterocycles. The van der Waals surface area contributed by atoms with Gasteiger partial charge in [-0.25, -0.2) is 8.47 Å². The first-order valence-electron chi connectivity index (χ1n) is 2.86. The minimum absolute atomic E-state index is 0.410. The molecule has 0 aromatic rings. The Morgan fingerprint density at radius 1 is 1.45 bits per heavy atom. The van der Waals surface area contributed by atoms with Crippen molar-refractivity contribution in [1.29, 1.82) is 0 Å². The molecule has 1 rings (SSSR count). The Kier molecular flexibility index (Phi) is 3.83. The number of hydrogen-bond donors (Lipinski definition) is 0. The van der Waals surface area contributed by atoms with E-state index in [0.29, 0.717) is 0 Å². The Labute approximate surface area is 79.0 Å². The van der Waals surface area contributed by atoms with E-state index < -0.39 is 4.93 Å². The van der Waals surface area contributed by atoms with E-state index in [0.717, 1.165) is 12.3 Å². The average molecular weight is 215 g/mol. The van der Waals surface area contributed by atoms with Gasteiger partial charge in [-0.3, -0.25) is 0 Å². The molecule has 1 heterocycles. The van der Waals surface area contributed by atoms with E-state index in [4.69, 9.17) is 12.8 Å². The maximum absolute atomic E-state index is 5.34. The summed E-state index contributed by atoms with van der Waals surface area (Å²) < 4.78 is 11.2. The van der Waals surface area contributed by atoms with E-state index >= 15 is 0 Å². The summed E-state index contributed by atoms with van der Waals surface area (Å²) in [5, 5.41) is 0. The summed E-state index contributed by atoms with van der Waals surface area (Å²) >= 11 is 3.45. The lowest BCUT2D eigenvalue weighted by molar-refractivity contribution is -0.258. The van der Waals surface area contributed by atoms with Gasteiger partial charge in [-0.1, -0.05) is 0 Å². The molecular formula is C4H9NO3S3. The van der Waals surface area contributed by atoms with Crippen LogP contribution in [0.15, 0.2) is 0 Å². The van der Waals surface area contributed by atoms with Crippen LogP contribution in [0.3, 0.4) is 0 Å². The summed E-state index contributed by atoms with van der Waals surface area (Å²) in [7, 11) is 0. The monoisotopic (exact) mass is 215 g/mol. The number of nitrogens with zero attached hydrogens (tertiary/aromatic N) is 1. The SMILES string of the molecule is CSN1OSOSC(C)(C)O1. The van der Waals surface area contributed by atoms with Crippen molar-refractivity contribution in [3.63, 3.8) is 0 Å². The van der Waals surface area contributed by atoms with E-state index in [-0.39, 0.29) is 0 Å². The van der Waals surface area contributed by atoms with Crippen LogP contribution in [0, 0.1) is 0 Å². The van der Waals surface area contributed by atoms with E-state index in [1.807, 2.05) is 20.1 Å². The highest BCUT2D eigenvalue weighted by atomic mass is 32.2. The molecule has 1 fully saturated rings. The second-order valence-electron chi connectivity index (χ2n) is 2.19. The van der Waals surface area contributed by atoms with E-state index in [9.17, 15) is 0 Å². The predicted molar refractivity (Wildman–Crippen MR) is 47.9 cm³/mol. The van der Waals surface area contributed by atoms with Crippen molar-refractivity contribution in [3.05, 3.63) is 0 Å². The molecule has 0 aromatic carbocycles. The van der Waals surface area contributed by atoms with Gasteiger partial charge >= 0.3 is 0 Å². The smallest absolute Gasteiger partial charge is 0.195 e. The van der Waals surface area contributed by atoms with Gasteiger partial charge in [0.1, 0.15) is 0 Å². The van der Waals surface area contributed by atoms with Gasteiger partial charge in [0, 0.05) is 22.9 Å². The van der Waals surface area contributed by atoms with Crippen molar-refractivity contribution in [1.82, 2.24) is 4.63 Å². The van der Waals surface area contributed by atoms with E-state index in [1.54, 1.807) is 0 Å². The van der Waals surface area contributed by atoms with Gasteiger partial charge in [0.05, 0.1) is 0 Å². The number of rotatable bonds is 1. The highest BCUT2D eigenvalue weighted by Gasteiger charge is 2.29. The fourth-order valence-corrected chi connectivity index (χ4v) is 2.08. The lowest BCUT2D eigenvalue weighted by atomic mass is 10.5. The molecule has 1 saturated heterocycles. The first kappa shape index (κ1) is 9.97. The van der Waals surface area contributed by atoms with Gasteiger partial charge in [0.25, 0.3) is 0 Å². The van der Waals surface area contributed by atoms with Crippen LogP contribution in [0.2, 0.25) is 0 Å². The van der Waals surface area contributed by atoms with Crippen molar-refractivity contribution < 1.29 is 12.8 Å². The van der Waals surface area contributed by atoms with Crippen LogP contribution in [-0.4, -0.2) is 15.8 Å². The van der Waals surface area contributed by atoms with Gasteiger partial charge in [-0.05, 0) is 25.8 Å². The van der Waals surface area contributed by atoms with Crippen LogP contribution in [0.25, 0.3) is 0 Å². The van der Waals surface area contributed by atoms with E-state index in [2.05, 4.69) is 0 Å². The summed E-state index contributed by atoms with van der Waals surface area (Å²) in [6, 6.07) is 0. The molecule has 66 valence electrons. The normalized spacial score (nSPS) is 26.5. The molecule has 0 unspecified atom stereocenters. The standard InChI is InChI=1S/C4H9NO3S3/c1-4(2)6-5(9-3)7-11-8-10-4/h1-3H3. The third-order valence-corrected chi connectivity index (χ3v) is 2.51. The molecule has 0 bridgehead atoms. The zero-order valence-electron chi connectivity index (χ0n) is 6.40. The molecule has 1 aliphatic rings. The van der Waals surface area contributed by atoms with Crippen molar-refractivity contribution in [2.45, 2.75) is 18.8 Å². The Balaban J connectivity index is 2.47. The molecule has 0 aromatic heterocycles. The second kappa shape index (κ2) is 4.22. The van der Waals surface area contributed by atoms with Crippen LogP contribution in [0.4, 0.5) is 0 Å². The topological polar surface area (TPSA) is 30.9 Å². The van der Waals surface area contributed by atoms with Crippen molar-refractivity contribution in [2.75, 3.05) is 6.26 Å². The van der Waals surface area contributed by atoms with Gasteiger partial charge in [-0.2, -0.15) is 4.28 Å². The molecule has 0 radical (unpaired) electrons. The maximum atomic E-state index is 5.34. The molecule has 0 atom stereocenters. The second-order valence-corrected chi connectivity index (χ2v) is 4.83. The highest BCUT2D eigenvalue weighted by Crippen LogP contribution is 2.37. The lowest BCUT2D eigenvalue weighted by Crippen LogP contribution is -2.26. The average Bonchev–Trinajstić information content (AvgIpc) is 2.10. The number of hydrogen-bond acceptors (Lipinski definition) is 7. The zero-order valence-corrected chi connectivity index (χ0v) is 8.85. The summed E-state index contributed by atoms with van der Waals surface area (Å²) in [5.41, 5.74) is 0. The van der Waals surface area contributed by atoms with Crippen LogP contribution < -0.4 is 0 Å². The van der Waals surface area contributed by atoms with Gasteiger partial charge in [0.15, 0.2) is 17.3 Å². The third-order valence-electron chi connectivity index (χ3n) is 0.797. The molecule has 0 saturated carbocycles. The Morgan fingerprint density at radius 2 is 2.18 bits per heavy atom. The summed E-state index contributed by atoms with van der Waals surface area (Å²) in [4.78, 5) is 4.93. The van der Waals surface area contributed by atoms with Crippen molar-refractivity contribution in [2.24, 2.45) is 0 Å². The molecular weight excluding hydrogens is 206 g/mol. The molecule has 7 heteroatoms. The molecule has 0 amide bonds. The summed E-state index contributed by atoms with van der Waals surface area (Å²) in [6.07, 6.45) is 1.85.